The van der Waals surface area contributed by atoms with E-state index >= 15 is 0 Å². The lowest BCUT2D eigenvalue weighted by atomic mass is 10.2. The molecule has 2 heterocycles. The number of nitrogens with one attached hydrogen (secondary N) is 2. The van der Waals surface area contributed by atoms with Crippen LogP contribution in [-0.2, 0) is 19.4 Å². The van der Waals surface area contributed by atoms with Crippen molar-refractivity contribution in [1.82, 2.24) is 25.4 Å². The quantitative estimate of drug-likeness (QED) is 0.186. The fourth-order valence-corrected chi connectivity index (χ4v) is 3.98. The minimum absolute atomic E-state index is 0. The summed E-state index contributed by atoms with van der Waals surface area (Å²) in [6.45, 7) is 5.60. The number of guanidine groups is 1. The SMILES string of the molecule is CCNC(=NCCc1nnc2n1CCCCC2)NCCSc1ccccc1.I. The monoisotopic (exact) mass is 514 g/mol. The van der Waals surface area contributed by atoms with Gasteiger partial charge in [0, 0.05) is 49.7 Å². The second-order valence-corrected chi connectivity index (χ2v) is 7.76. The van der Waals surface area contributed by atoms with Gasteiger partial charge in [-0.25, -0.2) is 0 Å². The lowest BCUT2D eigenvalue weighted by molar-refractivity contribution is 0.604. The molecule has 1 aromatic heterocycles. The van der Waals surface area contributed by atoms with Crippen LogP contribution in [0.4, 0.5) is 0 Å². The zero-order valence-corrected chi connectivity index (χ0v) is 19.7. The van der Waals surface area contributed by atoms with Gasteiger partial charge in [0.25, 0.3) is 0 Å². The Labute approximate surface area is 189 Å². The summed E-state index contributed by atoms with van der Waals surface area (Å²) >= 11 is 1.85. The van der Waals surface area contributed by atoms with Crippen LogP contribution < -0.4 is 10.6 Å². The van der Waals surface area contributed by atoms with Crippen molar-refractivity contribution in [1.29, 1.82) is 0 Å². The van der Waals surface area contributed by atoms with E-state index in [2.05, 4.69) is 56.6 Å². The summed E-state index contributed by atoms with van der Waals surface area (Å²) in [7, 11) is 0. The van der Waals surface area contributed by atoms with E-state index in [1.54, 1.807) is 0 Å². The van der Waals surface area contributed by atoms with E-state index in [1.165, 1.54) is 24.2 Å². The Morgan fingerprint density at radius 3 is 2.82 bits per heavy atom. The van der Waals surface area contributed by atoms with Gasteiger partial charge in [-0.15, -0.1) is 45.9 Å². The topological polar surface area (TPSA) is 67.1 Å². The fraction of sp³-hybridized carbons (Fsp3) is 0.550. The number of benzene rings is 1. The molecule has 6 nitrogen and oxygen atoms in total. The molecule has 1 aromatic carbocycles. The molecular weight excluding hydrogens is 483 g/mol. The Bertz CT molecular complexity index is 719. The van der Waals surface area contributed by atoms with Crippen molar-refractivity contribution in [3.8, 4) is 0 Å². The van der Waals surface area contributed by atoms with E-state index in [-0.39, 0.29) is 24.0 Å². The maximum absolute atomic E-state index is 4.71. The highest BCUT2D eigenvalue weighted by Gasteiger charge is 2.14. The first kappa shape index (κ1) is 23.0. The molecule has 8 heteroatoms. The first-order chi connectivity index (χ1) is 13.4. The van der Waals surface area contributed by atoms with E-state index in [0.29, 0.717) is 0 Å². The Morgan fingerprint density at radius 2 is 2.00 bits per heavy atom. The Balaban J connectivity index is 0.00000280. The van der Waals surface area contributed by atoms with Gasteiger partial charge in [-0.1, -0.05) is 24.6 Å². The van der Waals surface area contributed by atoms with Crippen molar-refractivity contribution in [2.75, 3.05) is 25.4 Å². The third kappa shape index (κ3) is 7.27. The highest BCUT2D eigenvalue weighted by atomic mass is 127. The average molecular weight is 514 g/mol. The van der Waals surface area contributed by atoms with Gasteiger partial charge in [0.1, 0.15) is 11.6 Å². The predicted octanol–water partition coefficient (Wildman–Crippen LogP) is 3.51. The van der Waals surface area contributed by atoms with Crippen LogP contribution in [0.5, 0.6) is 0 Å². The molecule has 1 aliphatic rings. The van der Waals surface area contributed by atoms with Gasteiger partial charge in [0.2, 0.25) is 0 Å². The van der Waals surface area contributed by atoms with Gasteiger partial charge in [0.05, 0.1) is 0 Å². The van der Waals surface area contributed by atoms with Gasteiger partial charge in [-0.2, -0.15) is 0 Å². The number of aryl methyl sites for hydroxylation is 1. The minimum Gasteiger partial charge on any atom is -0.357 e. The van der Waals surface area contributed by atoms with Gasteiger partial charge in [-0.3, -0.25) is 4.99 Å². The van der Waals surface area contributed by atoms with Gasteiger partial charge >= 0.3 is 0 Å². The largest absolute Gasteiger partial charge is 0.357 e. The molecule has 0 atom stereocenters. The maximum Gasteiger partial charge on any atom is 0.191 e. The van der Waals surface area contributed by atoms with Gasteiger partial charge in [-0.05, 0) is 31.9 Å². The molecule has 0 aliphatic carbocycles. The van der Waals surface area contributed by atoms with Crippen molar-refractivity contribution in [3.05, 3.63) is 42.0 Å². The van der Waals surface area contributed by atoms with Crippen LogP contribution in [0.15, 0.2) is 40.2 Å². The molecule has 0 fully saturated rings. The van der Waals surface area contributed by atoms with Crippen molar-refractivity contribution in [2.45, 2.75) is 50.5 Å². The smallest absolute Gasteiger partial charge is 0.191 e. The second kappa shape index (κ2) is 13.0. The third-order valence-corrected chi connectivity index (χ3v) is 5.56. The summed E-state index contributed by atoms with van der Waals surface area (Å²) in [6.07, 6.45) is 5.63. The Morgan fingerprint density at radius 1 is 1.14 bits per heavy atom. The molecule has 0 unspecified atom stereocenters. The summed E-state index contributed by atoms with van der Waals surface area (Å²) in [5.74, 6) is 4.11. The zero-order chi connectivity index (χ0) is 18.7. The van der Waals surface area contributed by atoms with Crippen molar-refractivity contribution < 1.29 is 0 Å². The number of aliphatic imine (C=N–C) groups is 1. The number of thioether (sulfide) groups is 1. The van der Waals surface area contributed by atoms with Crippen molar-refractivity contribution in [3.63, 3.8) is 0 Å². The van der Waals surface area contributed by atoms with Crippen molar-refractivity contribution in [2.24, 2.45) is 4.99 Å². The summed E-state index contributed by atoms with van der Waals surface area (Å²) in [5, 5.41) is 15.5. The lowest BCUT2D eigenvalue weighted by Gasteiger charge is -2.11. The Hall–Kier alpha value is -1.29. The van der Waals surface area contributed by atoms with Crippen LogP contribution in [0.1, 0.15) is 37.8 Å². The molecule has 0 bridgehead atoms. The highest BCUT2D eigenvalue weighted by molar-refractivity contribution is 14.0. The van der Waals surface area contributed by atoms with Crippen LogP contribution >= 0.6 is 35.7 Å². The molecule has 0 spiro atoms. The van der Waals surface area contributed by atoms with E-state index in [0.717, 1.165) is 62.4 Å². The number of fused-ring (bicyclic) bond motifs is 1. The van der Waals surface area contributed by atoms with Crippen LogP contribution in [0.25, 0.3) is 0 Å². The summed E-state index contributed by atoms with van der Waals surface area (Å²) in [6, 6.07) is 10.5. The van der Waals surface area contributed by atoms with Crippen LogP contribution in [0.2, 0.25) is 0 Å². The highest BCUT2D eigenvalue weighted by Crippen LogP contribution is 2.16. The number of rotatable bonds is 8. The average Bonchev–Trinajstić information content (AvgIpc) is 2.92. The number of hydrogen-bond acceptors (Lipinski definition) is 4. The van der Waals surface area contributed by atoms with Gasteiger partial charge in [0.15, 0.2) is 5.96 Å². The normalized spacial score (nSPS) is 14.0. The molecular formula is C20H31IN6S. The first-order valence-corrected chi connectivity index (χ1v) is 11.0. The molecule has 0 radical (unpaired) electrons. The van der Waals surface area contributed by atoms with Gasteiger partial charge < -0.3 is 15.2 Å². The number of hydrogen-bond donors (Lipinski definition) is 2. The molecule has 28 heavy (non-hydrogen) atoms. The molecule has 2 aromatic rings. The zero-order valence-electron chi connectivity index (χ0n) is 16.6. The summed E-state index contributed by atoms with van der Waals surface area (Å²) in [5.41, 5.74) is 0. The molecule has 0 saturated heterocycles. The van der Waals surface area contributed by atoms with Crippen LogP contribution in [0.3, 0.4) is 0 Å². The van der Waals surface area contributed by atoms with Crippen LogP contribution in [0, 0.1) is 0 Å². The molecule has 1 aliphatic heterocycles. The molecule has 3 rings (SSSR count). The number of halogens is 1. The predicted molar refractivity (Wildman–Crippen MR) is 128 cm³/mol. The number of aromatic nitrogens is 3. The number of nitrogens with zero attached hydrogens (tertiary/aromatic N) is 4. The lowest BCUT2D eigenvalue weighted by Crippen LogP contribution is -2.38. The van der Waals surface area contributed by atoms with Crippen LogP contribution in [-0.4, -0.2) is 46.1 Å². The van der Waals surface area contributed by atoms with E-state index < -0.39 is 0 Å². The minimum atomic E-state index is 0. The molecule has 0 amide bonds. The van der Waals surface area contributed by atoms with E-state index in [9.17, 15) is 0 Å². The standard InChI is InChI=1S/C20H30N6S.HI/c1-2-21-20(23-14-16-27-17-9-5-3-6-10-17)22-13-12-19-25-24-18-11-7-4-8-15-26(18)19;/h3,5-6,9-10H,2,4,7-8,11-16H2,1H3,(H2,21,22,23);1H. The summed E-state index contributed by atoms with van der Waals surface area (Å²) < 4.78 is 2.30. The Kier molecular flexibility index (Phi) is 10.7. The van der Waals surface area contributed by atoms with Crippen molar-refractivity contribution >= 4 is 41.7 Å². The fourth-order valence-electron chi connectivity index (χ4n) is 3.19. The first-order valence-electron chi connectivity index (χ1n) is 9.98. The summed E-state index contributed by atoms with van der Waals surface area (Å²) in [4.78, 5) is 6.01. The van der Waals surface area contributed by atoms with E-state index in [4.69, 9.17) is 4.99 Å². The maximum atomic E-state index is 4.71. The third-order valence-electron chi connectivity index (χ3n) is 4.54. The second-order valence-electron chi connectivity index (χ2n) is 6.59. The molecule has 2 N–H and O–H groups in total. The molecule has 154 valence electrons. The van der Waals surface area contributed by atoms with E-state index in [1.807, 2.05) is 17.8 Å². The molecule has 0 saturated carbocycles.